The summed E-state index contributed by atoms with van der Waals surface area (Å²) in [5, 5.41) is 7.86. The van der Waals surface area contributed by atoms with Crippen LogP contribution in [0, 0.1) is 5.92 Å². The van der Waals surface area contributed by atoms with Crippen LogP contribution in [0.25, 0.3) is 10.8 Å². The molecule has 0 aliphatic carbocycles. The summed E-state index contributed by atoms with van der Waals surface area (Å²) in [6.45, 7) is 12.5. The van der Waals surface area contributed by atoms with Crippen LogP contribution in [0.1, 0.15) is 62.9 Å². The number of piperidine rings is 2. The predicted octanol–water partition coefficient (Wildman–Crippen LogP) is 3.37. The van der Waals surface area contributed by atoms with Gasteiger partial charge in [0.25, 0.3) is 11.5 Å². The van der Waals surface area contributed by atoms with Crippen LogP contribution in [-0.4, -0.2) is 83.9 Å². The highest BCUT2D eigenvalue weighted by molar-refractivity contribution is 5.99. The van der Waals surface area contributed by atoms with E-state index in [4.69, 9.17) is 4.74 Å². The summed E-state index contributed by atoms with van der Waals surface area (Å²) in [6, 6.07) is 12.8. The highest BCUT2D eigenvalue weighted by Gasteiger charge is 2.30. The van der Waals surface area contributed by atoms with Crippen LogP contribution in [0.3, 0.4) is 0 Å². The third-order valence-corrected chi connectivity index (χ3v) is 9.04. The molecule has 3 saturated heterocycles. The van der Waals surface area contributed by atoms with E-state index in [1.54, 1.807) is 6.20 Å². The number of nitrogens with one attached hydrogen (secondary N) is 1. The Bertz CT molecular complexity index is 1630. The van der Waals surface area contributed by atoms with Gasteiger partial charge in [0.2, 0.25) is 5.91 Å². The van der Waals surface area contributed by atoms with E-state index in [0.29, 0.717) is 16.9 Å². The first kappa shape index (κ1) is 30.8. The van der Waals surface area contributed by atoms with Gasteiger partial charge in [0.05, 0.1) is 17.1 Å². The van der Waals surface area contributed by atoms with Crippen molar-refractivity contribution < 1.29 is 19.1 Å². The molecule has 3 fully saturated rings. The monoisotopic (exact) mass is 614 g/mol. The fraction of sp³-hybridized carbons (Fsp3) is 0.500. The molecule has 45 heavy (non-hydrogen) atoms. The molecule has 3 aliphatic heterocycles. The molecule has 1 N–H and O–H groups in total. The number of benzene rings is 2. The molecule has 238 valence electrons. The zero-order valence-corrected chi connectivity index (χ0v) is 26.3. The number of hydrogen-bond acceptors (Lipinski definition) is 9. The molecule has 4 heterocycles. The van der Waals surface area contributed by atoms with Crippen LogP contribution in [0.2, 0.25) is 0 Å². The molecule has 3 aliphatic rings. The topological polar surface area (TPSA) is 117 Å². The number of fused-ring (bicyclic) bond motifs is 1. The summed E-state index contributed by atoms with van der Waals surface area (Å²) >= 11 is 0. The second-order valence-electron chi connectivity index (χ2n) is 13.4. The Kier molecular flexibility index (Phi) is 8.63. The smallest absolute Gasteiger partial charge is 0.338 e. The Labute approximate surface area is 263 Å². The minimum atomic E-state index is -0.767. The molecule has 2 aromatic carbocycles. The average molecular weight is 615 g/mol. The van der Waals surface area contributed by atoms with Crippen LogP contribution in [-0.2, 0) is 14.3 Å². The van der Waals surface area contributed by atoms with Crippen molar-refractivity contribution in [3.63, 3.8) is 0 Å². The molecule has 1 unspecified atom stereocenters. The maximum Gasteiger partial charge on any atom is 0.338 e. The second-order valence-corrected chi connectivity index (χ2v) is 13.4. The van der Waals surface area contributed by atoms with Gasteiger partial charge in [-0.05, 0) is 88.4 Å². The standard InChI is InChI=1S/C34H42N6O5/c1-34(2,3)45-33(44)24-4-6-26(7-5-24)38-14-12-23(13-15-38)22-37-16-18-39(19-17-37)27-8-9-28-25(20-27)21-35-40(32(28)43)29-10-11-30(41)36-31(29)42/h4-9,20-21,23,29H,10-19,22H2,1-3H3,(H,36,41,42). The third-order valence-electron chi connectivity index (χ3n) is 9.04. The molecule has 0 radical (unpaired) electrons. The minimum absolute atomic E-state index is 0.194. The van der Waals surface area contributed by atoms with Crippen molar-refractivity contribution in [3.05, 3.63) is 64.6 Å². The second kappa shape index (κ2) is 12.6. The van der Waals surface area contributed by atoms with Crippen molar-refractivity contribution >= 4 is 39.9 Å². The van der Waals surface area contributed by atoms with Gasteiger partial charge in [-0.1, -0.05) is 0 Å². The maximum absolute atomic E-state index is 13.2. The lowest BCUT2D eigenvalue weighted by molar-refractivity contribution is -0.136. The van der Waals surface area contributed by atoms with Crippen molar-refractivity contribution in [3.8, 4) is 0 Å². The van der Waals surface area contributed by atoms with E-state index in [9.17, 15) is 19.2 Å². The van der Waals surface area contributed by atoms with Crippen LogP contribution < -0.4 is 20.7 Å². The van der Waals surface area contributed by atoms with E-state index in [1.807, 2.05) is 63.2 Å². The highest BCUT2D eigenvalue weighted by Crippen LogP contribution is 2.27. The lowest BCUT2D eigenvalue weighted by atomic mass is 9.95. The molecule has 6 rings (SSSR count). The number of carbonyl (C=O) groups excluding carboxylic acids is 3. The Hall–Kier alpha value is -4.25. The van der Waals surface area contributed by atoms with E-state index >= 15 is 0 Å². The molecule has 11 heteroatoms. The number of amides is 2. The van der Waals surface area contributed by atoms with E-state index in [0.717, 1.165) is 75.4 Å². The molecular weight excluding hydrogens is 572 g/mol. The average Bonchev–Trinajstić information content (AvgIpc) is 3.02. The Morgan fingerprint density at radius 1 is 0.889 bits per heavy atom. The van der Waals surface area contributed by atoms with Gasteiger partial charge in [0, 0.05) is 69.0 Å². The van der Waals surface area contributed by atoms with Gasteiger partial charge in [0.15, 0.2) is 0 Å². The fourth-order valence-electron chi connectivity index (χ4n) is 6.56. The summed E-state index contributed by atoms with van der Waals surface area (Å²) in [5.74, 6) is -0.429. The Morgan fingerprint density at radius 3 is 2.22 bits per heavy atom. The lowest BCUT2D eigenvalue weighted by Gasteiger charge is -2.40. The third kappa shape index (κ3) is 7.03. The Morgan fingerprint density at radius 2 is 1.56 bits per heavy atom. The van der Waals surface area contributed by atoms with Gasteiger partial charge in [-0.15, -0.1) is 0 Å². The van der Waals surface area contributed by atoms with Gasteiger partial charge >= 0.3 is 5.97 Å². The fourth-order valence-corrected chi connectivity index (χ4v) is 6.56. The molecule has 0 saturated carbocycles. The molecular formula is C34H42N6O5. The van der Waals surface area contributed by atoms with Gasteiger partial charge in [0.1, 0.15) is 11.6 Å². The van der Waals surface area contributed by atoms with Gasteiger partial charge in [-0.2, -0.15) is 5.10 Å². The number of ether oxygens (including phenoxy) is 1. The van der Waals surface area contributed by atoms with E-state index in [-0.39, 0.29) is 30.3 Å². The molecule has 0 spiro atoms. The molecule has 1 atom stereocenters. The number of piperazine rings is 1. The van der Waals surface area contributed by atoms with Gasteiger partial charge in [-0.25, -0.2) is 9.48 Å². The largest absolute Gasteiger partial charge is 0.456 e. The number of anilines is 2. The van der Waals surface area contributed by atoms with Crippen molar-refractivity contribution in [2.24, 2.45) is 5.92 Å². The van der Waals surface area contributed by atoms with E-state index in [2.05, 4.69) is 25.1 Å². The van der Waals surface area contributed by atoms with Crippen LogP contribution in [0.15, 0.2) is 53.5 Å². The number of rotatable bonds is 6. The van der Waals surface area contributed by atoms with Crippen LogP contribution in [0.4, 0.5) is 11.4 Å². The predicted molar refractivity (Wildman–Crippen MR) is 173 cm³/mol. The summed E-state index contributed by atoms with van der Waals surface area (Å²) in [5.41, 5.74) is 1.97. The number of hydrogen-bond donors (Lipinski definition) is 1. The Balaban J connectivity index is 0.988. The number of esters is 1. The molecule has 2 amide bonds. The molecule has 11 nitrogen and oxygen atoms in total. The summed E-state index contributed by atoms with van der Waals surface area (Å²) < 4.78 is 6.69. The van der Waals surface area contributed by atoms with E-state index in [1.165, 1.54) is 4.68 Å². The minimum Gasteiger partial charge on any atom is -0.456 e. The van der Waals surface area contributed by atoms with Crippen molar-refractivity contribution in [2.45, 2.75) is 58.1 Å². The first-order valence-electron chi connectivity index (χ1n) is 15.9. The van der Waals surface area contributed by atoms with Crippen molar-refractivity contribution in [1.29, 1.82) is 0 Å². The quantitative estimate of drug-likeness (QED) is 0.330. The van der Waals surface area contributed by atoms with Crippen molar-refractivity contribution in [2.75, 3.05) is 55.6 Å². The first-order valence-corrected chi connectivity index (χ1v) is 15.9. The zero-order valence-electron chi connectivity index (χ0n) is 26.3. The molecule has 0 bridgehead atoms. The zero-order chi connectivity index (χ0) is 31.7. The summed E-state index contributed by atoms with van der Waals surface area (Å²) in [6.07, 6.45) is 4.39. The molecule has 1 aromatic heterocycles. The van der Waals surface area contributed by atoms with E-state index < -0.39 is 17.6 Å². The SMILES string of the molecule is CC(C)(C)OC(=O)c1ccc(N2CCC(CN3CCN(c4ccc5c(=O)n(C6CCC(=O)NC6=O)ncc5c4)CC3)CC2)cc1. The highest BCUT2D eigenvalue weighted by atomic mass is 16.6. The van der Waals surface area contributed by atoms with Crippen LogP contribution in [0.5, 0.6) is 0 Å². The number of imide groups is 1. The number of aromatic nitrogens is 2. The van der Waals surface area contributed by atoms with Crippen LogP contribution >= 0.6 is 0 Å². The molecule has 3 aromatic rings. The van der Waals surface area contributed by atoms with Crippen molar-refractivity contribution in [1.82, 2.24) is 20.0 Å². The lowest BCUT2D eigenvalue weighted by Crippen LogP contribution is -2.49. The van der Waals surface area contributed by atoms with Gasteiger partial charge < -0.3 is 14.5 Å². The first-order chi connectivity index (χ1) is 21.5. The number of carbonyl (C=O) groups is 3. The van der Waals surface area contributed by atoms with Gasteiger partial charge in [-0.3, -0.25) is 24.6 Å². The maximum atomic E-state index is 13.2. The number of nitrogens with zero attached hydrogens (tertiary/aromatic N) is 5. The normalized spacial score (nSPS) is 20.4. The summed E-state index contributed by atoms with van der Waals surface area (Å²) in [4.78, 5) is 56.6. The summed E-state index contributed by atoms with van der Waals surface area (Å²) in [7, 11) is 0.